The van der Waals surface area contributed by atoms with Crippen molar-refractivity contribution in [3.63, 3.8) is 0 Å². The van der Waals surface area contributed by atoms with Crippen molar-refractivity contribution in [1.29, 1.82) is 0 Å². The topological polar surface area (TPSA) is 123 Å². The van der Waals surface area contributed by atoms with E-state index in [1.807, 2.05) is 0 Å². The second-order valence-corrected chi connectivity index (χ2v) is 9.17. The summed E-state index contributed by atoms with van der Waals surface area (Å²) in [5.41, 5.74) is 3.03. The molecule has 3 aromatic rings. The minimum absolute atomic E-state index is 0.173. The van der Waals surface area contributed by atoms with Crippen LogP contribution in [0.5, 0.6) is 0 Å². The lowest BCUT2D eigenvalue weighted by Gasteiger charge is -2.21. The van der Waals surface area contributed by atoms with Crippen molar-refractivity contribution in [2.75, 3.05) is 11.9 Å². The van der Waals surface area contributed by atoms with E-state index < -0.39 is 41.5 Å². The summed E-state index contributed by atoms with van der Waals surface area (Å²) in [6.07, 6.45) is -5.80. The van der Waals surface area contributed by atoms with Crippen LogP contribution in [0.3, 0.4) is 0 Å². The maximum atomic E-state index is 13.2. The number of alkyl halides is 3. The molecule has 0 aliphatic rings. The predicted octanol–water partition coefficient (Wildman–Crippen LogP) is 3.79. The van der Waals surface area contributed by atoms with Crippen molar-refractivity contribution < 1.29 is 37.5 Å². The van der Waals surface area contributed by atoms with Crippen LogP contribution in [0.2, 0.25) is 0 Å². The van der Waals surface area contributed by atoms with Gasteiger partial charge in [0.05, 0.1) is 18.2 Å². The second-order valence-electron chi connectivity index (χ2n) is 9.17. The van der Waals surface area contributed by atoms with Gasteiger partial charge in [-0.1, -0.05) is 36.6 Å². The van der Waals surface area contributed by atoms with Gasteiger partial charge in [0.25, 0.3) is 5.91 Å². The SMILES string of the molecule is C=C(N[C@H](C(=O)NO)[C@@H](C)O)c1ccc(C#Cc2ccc(NC(=O)CNCc3ccc(F)cc3C(F)(F)F)cc2)cc1. The minimum Gasteiger partial charge on any atom is -0.391 e. The molecule has 2 atom stereocenters. The Balaban J connectivity index is 1.52. The van der Waals surface area contributed by atoms with Crippen molar-refractivity contribution in [3.8, 4) is 11.8 Å². The third-order valence-corrected chi connectivity index (χ3v) is 5.94. The molecule has 6 N–H and O–H groups in total. The zero-order valence-electron chi connectivity index (χ0n) is 22.3. The standard InChI is InChI=1S/C30H28F4N4O4/c1-18(36-28(19(2)39)29(41)38-42)22-9-5-20(6-10-22)3-4-21-7-13-25(14-8-21)37-27(40)17-35-16-23-11-12-24(31)15-26(23)30(32,33)34/h5-15,19,28,35-36,39,42H,1,16-17H2,2H3,(H,37,40)(H,38,41)/t19-,28+/m1/s1. The Kier molecular flexibility index (Phi) is 10.8. The van der Waals surface area contributed by atoms with Gasteiger partial charge in [0.1, 0.15) is 11.9 Å². The fourth-order valence-corrected chi connectivity index (χ4v) is 3.76. The van der Waals surface area contributed by atoms with E-state index in [9.17, 15) is 32.3 Å². The normalized spacial score (nSPS) is 12.4. The van der Waals surface area contributed by atoms with Crippen molar-refractivity contribution in [2.24, 2.45) is 0 Å². The number of nitrogens with one attached hydrogen (secondary N) is 4. The van der Waals surface area contributed by atoms with Crippen LogP contribution in [0.25, 0.3) is 5.70 Å². The summed E-state index contributed by atoms with van der Waals surface area (Å²) < 4.78 is 52.6. The zero-order chi connectivity index (χ0) is 30.9. The highest BCUT2D eigenvalue weighted by Gasteiger charge is 2.33. The molecule has 3 aromatic carbocycles. The molecule has 2 amide bonds. The van der Waals surface area contributed by atoms with Gasteiger partial charge in [0.15, 0.2) is 0 Å². The molecule has 0 spiro atoms. The Labute approximate surface area is 239 Å². The largest absolute Gasteiger partial charge is 0.416 e. The molecule has 0 aromatic heterocycles. The summed E-state index contributed by atoms with van der Waals surface area (Å²) in [4.78, 5) is 23.9. The fourth-order valence-electron chi connectivity index (χ4n) is 3.76. The van der Waals surface area contributed by atoms with E-state index in [4.69, 9.17) is 5.21 Å². The summed E-state index contributed by atoms with van der Waals surface area (Å²) in [5, 5.41) is 26.6. The maximum absolute atomic E-state index is 13.2. The lowest BCUT2D eigenvalue weighted by atomic mass is 10.1. The minimum atomic E-state index is -4.71. The van der Waals surface area contributed by atoms with Gasteiger partial charge in [-0.25, -0.2) is 9.87 Å². The Morgan fingerprint density at radius 3 is 2.12 bits per heavy atom. The van der Waals surface area contributed by atoms with Crippen LogP contribution in [-0.2, 0) is 22.3 Å². The number of carbonyl (C=O) groups is 2. The van der Waals surface area contributed by atoms with E-state index >= 15 is 0 Å². The average molecular weight is 585 g/mol. The van der Waals surface area contributed by atoms with Crippen molar-refractivity contribution in [3.05, 3.63) is 107 Å². The number of hydroxylamine groups is 1. The first-order chi connectivity index (χ1) is 19.9. The van der Waals surface area contributed by atoms with E-state index in [1.165, 1.54) is 12.4 Å². The molecule has 0 radical (unpaired) electrons. The Bertz CT molecular complexity index is 1480. The van der Waals surface area contributed by atoms with Crippen molar-refractivity contribution in [2.45, 2.75) is 31.8 Å². The lowest BCUT2D eigenvalue weighted by Crippen LogP contribution is -2.48. The van der Waals surface area contributed by atoms with E-state index in [2.05, 4.69) is 34.4 Å². The molecule has 0 saturated carbocycles. The highest BCUT2D eigenvalue weighted by molar-refractivity contribution is 5.92. The number of amides is 2. The highest BCUT2D eigenvalue weighted by atomic mass is 19.4. The Morgan fingerprint density at radius 2 is 1.57 bits per heavy atom. The summed E-state index contributed by atoms with van der Waals surface area (Å²) in [6.45, 7) is 4.72. The predicted molar refractivity (Wildman–Crippen MR) is 148 cm³/mol. The summed E-state index contributed by atoms with van der Waals surface area (Å²) in [5.74, 6) is 3.71. The first kappa shape index (κ1) is 31.8. The summed E-state index contributed by atoms with van der Waals surface area (Å²) in [7, 11) is 0. The van der Waals surface area contributed by atoms with E-state index in [1.54, 1.807) is 48.5 Å². The van der Waals surface area contributed by atoms with E-state index in [0.717, 1.165) is 12.1 Å². The molecule has 0 heterocycles. The van der Waals surface area contributed by atoms with E-state index in [0.29, 0.717) is 34.1 Å². The maximum Gasteiger partial charge on any atom is 0.416 e. The monoisotopic (exact) mass is 584 g/mol. The molecule has 0 fully saturated rings. The summed E-state index contributed by atoms with van der Waals surface area (Å²) >= 11 is 0. The average Bonchev–Trinajstić information content (AvgIpc) is 2.95. The van der Waals surface area contributed by atoms with Gasteiger partial charge in [-0.05, 0) is 66.6 Å². The molecule has 0 unspecified atom stereocenters. The van der Waals surface area contributed by atoms with Gasteiger partial charge < -0.3 is 21.1 Å². The van der Waals surface area contributed by atoms with Crippen LogP contribution in [0.15, 0.2) is 73.3 Å². The van der Waals surface area contributed by atoms with Crippen LogP contribution in [0.1, 0.15) is 34.7 Å². The fraction of sp³-hybridized carbons (Fsp3) is 0.200. The molecular weight excluding hydrogens is 556 g/mol. The number of aliphatic hydroxyl groups excluding tert-OH is 1. The number of rotatable bonds is 10. The summed E-state index contributed by atoms with van der Waals surface area (Å²) in [6, 6.07) is 14.8. The Hall–Kier alpha value is -4.70. The number of hydrogen-bond acceptors (Lipinski definition) is 6. The number of anilines is 1. The van der Waals surface area contributed by atoms with Crippen LogP contribution >= 0.6 is 0 Å². The molecule has 12 heteroatoms. The molecule has 0 saturated heterocycles. The smallest absolute Gasteiger partial charge is 0.391 e. The third-order valence-electron chi connectivity index (χ3n) is 5.94. The van der Waals surface area contributed by atoms with Gasteiger partial charge in [0.2, 0.25) is 5.91 Å². The molecular formula is C30H28F4N4O4. The number of hydrogen-bond donors (Lipinski definition) is 6. The van der Waals surface area contributed by atoms with Gasteiger partial charge in [-0.3, -0.25) is 14.8 Å². The Morgan fingerprint density at radius 1 is 0.976 bits per heavy atom. The molecule has 8 nitrogen and oxygen atoms in total. The number of carbonyl (C=O) groups excluding carboxylic acids is 2. The van der Waals surface area contributed by atoms with E-state index in [-0.39, 0.29) is 18.7 Å². The van der Waals surface area contributed by atoms with Gasteiger partial charge >= 0.3 is 6.18 Å². The molecule has 0 aliphatic heterocycles. The first-order valence-corrected chi connectivity index (χ1v) is 12.5. The van der Waals surface area contributed by atoms with Gasteiger partial charge in [-0.2, -0.15) is 13.2 Å². The first-order valence-electron chi connectivity index (χ1n) is 12.5. The second kappa shape index (κ2) is 14.3. The van der Waals surface area contributed by atoms with Gasteiger partial charge in [0, 0.05) is 29.1 Å². The molecule has 42 heavy (non-hydrogen) atoms. The zero-order valence-corrected chi connectivity index (χ0v) is 22.3. The van der Waals surface area contributed by atoms with Crippen LogP contribution in [0, 0.1) is 17.7 Å². The molecule has 0 aliphatic carbocycles. The molecule has 220 valence electrons. The molecule has 3 rings (SSSR count). The lowest BCUT2D eigenvalue weighted by molar-refractivity contribution is -0.138. The van der Waals surface area contributed by atoms with Crippen LogP contribution in [-0.4, -0.2) is 40.8 Å². The van der Waals surface area contributed by atoms with Crippen LogP contribution < -0.4 is 21.4 Å². The quantitative estimate of drug-likeness (QED) is 0.0934. The highest BCUT2D eigenvalue weighted by Crippen LogP contribution is 2.32. The van der Waals surface area contributed by atoms with Crippen LogP contribution in [0.4, 0.5) is 23.2 Å². The number of halogens is 4. The number of benzene rings is 3. The number of aliphatic hydroxyl groups is 1. The third kappa shape index (κ3) is 9.17. The van der Waals surface area contributed by atoms with Crippen molar-refractivity contribution in [1.82, 2.24) is 16.1 Å². The molecule has 0 bridgehead atoms. The van der Waals surface area contributed by atoms with Crippen molar-refractivity contribution >= 4 is 23.2 Å². The van der Waals surface area contributed by atoms with Gasteiger partial charge in [-0.15, -0.1) is 0 Å².